The van der Waals surface area contributed by atoms with Gasteiger partial charge in [0.05, 0.1) is 0 Å². The molecular weight excluding hydrogens is 312 g/mol. The first-order valence-electron chi connectivity index (χ1n) is 8.55. The van der Waals surface area contributed by atoms with Crippen molar-refractivity contribution in [2.24, 2.45) is 11.8 Å². The number of carboxylic acid groups (broad SMARTS) is 1. The number of aliphatic carboxylic acids is 1. The van der Waals surface area contributed by atoms with E-state index in [0.29, 0.717) is 19.3 Å². The molecule has 2 heterocycles. The summed E-state index contributed by atoms with van der Waals surface area (Å²) in [5, 5.41) is 12.1. The smallest absolute Gasteiger partial charge is 0.408 e. The molecular formula is C17H28N2O5. The quantitative estimate of drug-likeness (QED) is 0.801. The van der Waals surface area contributed by atoms with E-state index in [0.717, 1.165) is 0 Å². The number of hydrogen-bond donors (Lipinski definition) is 2. The van der Waals surface area contributed by atoms with Gasteiger partial charge >= 0.3 is 12.1 Å². The number of rotatable bonds is 2. The van der Waals surface area contributed by atoms with Crippen molar-refractivity contribution in [2.45, 2.75) is 77.6 Å². The first-order chi connectivity index (χ1) is 11.0. The predicted molar refractivity (Wildman–Crippen MR) is 87.4 cm³/mol. The third-order valence-electron chi connectivity index (χ3n) is 5.07. The fourth-order valence-electron chi connectivity index (χ4n) is 3.73. The Morgan fingerprint density at radius 2 is 1.88 bits per heavy atom. The van der Waals surface area contributed by atoms with Crippen LogP contribution in [0.25, 0.3) is 0 Å². The van der Waals surface area contributed by atoms with Crippen LogP contribution in [0.3, 0.4) is 0 Å². The van der Waals surface area contributed by atoms with Crippen molar-refractivity contribution in [3.8, 4) is 0 Å². The number of hydrogen-bond acceptors (Lipinski definition) is 4. The van der Waals surface area contributed by atoms with Crippen molar-refractivity contribution in [2.75, 3.05) is 0 Å². The van der Waals surface area contributed by atoms with Crippen LogP contribution in [0.15, 0.2) is 0 Å². The molecule has 7 heteroatoms. The number of nitrogens with zero attached hydrogens (tertiary/aromatic N) is 1. The van der Waals surface area contributed by atoms with Crippen molar-refractivity contribution in [3.05, 3.63) is 0 Å². The molecule has 7 nitrogen and oxygen atoms in total. The van der Waals surface area contributed by atoms with Gasteiger partial charge in [-0.15, -0.1) is 0 Å². The molecule has 0 aromatic heterocycles. The zero-order valence-electron chi connectivity index (χ0n) is 15.0. The molecule has 0 unspecified atom stereocenters. The number of ether oxygens (including phenoxy) is 1. The molecule has 2 saturated heterocycles. The summed E-state index contributed by atoms with van der Waals surface area (Å²) in [7, 11) is 0. The number of amides is 2. The minimum atomic E-state index is -0.983. The second kappa shape index (κ2) is 6.61. The number of fused-ring (bicyclic) bond motifs is 1. The van der Waals surface area contributed by atoms with E-state index in [2.05, 4.69) is 12.2 Å². The van der Waals surface area contributed by atoms with Crippen LogP contribution in [0.4, 0.5) is 4.79 Å². The predicted octanol–water partition coefficient (Wildman–Crippen LogP) is 2.00. The molecule has 2 rings (SSSR count). The molecule has 5 atom stereocenters. The van der Waals surface area contributed by atoms with Crippen LogP contribution in [0.5, 0.6) is 0 Å². The minimum absolute atomic E-state index is 0.0842. The van der Waals surface area contributed by atoms with E-state index in [-0.39, 0.29) is 23.8 Å². The van der Waals surface area contributed by atoms with Gasteiger partial charge in [0.15, 0.2) is 0 Å². The zero-order valence-corrected chi connectivity index (χ0v) is 15.0. The Morgan fingerprint density at radius 3 is 2.42 bits per heavy atom. The van der Waals surface area contributed by atoms with Crippen molar-refractivity contribution in [1.29, 1.82) is 0 Å². The monoisotopic (exact) mass is 340 g/mol. The lowest BCUT2D eigenvalue weighted by atomic mass is 9.85. The van der Waals surface area contributed by atoms with E-state index in [1.807, 2.05) is 6.92 Å². The minimum Gasteiger partial charge on any atom is -0.480 e. The summed E-state index contributed by atoms with van der Waals surface area (Å²) in [5.74, 6) is -0.921. The van der Waals surface area contributed by atoms with Crippen molar-refractivity contribution in [1.82, 2.24) is 10.2 Å². The molecule has 0 aliphatic carbocycles. The maximum absolute atomic E-state index is 12.9. The lowest BCUT2D eigenvalue weighted by molar-refractivity contribution is -0.150. The largest absolute Gasteiger partial charge is 0.480 e. The average molecular weight is 340 g/mol. The van der Waals surface area contributed by atoms with Crippen LogP contribution >= 0.6 is 0 Å². The normalized spacial score (nSPS) is 33.6. The van der Waals surface area contributed by atoms with Gasteiger partial charge in [-0.25, -0.2) is 9.59 Å². The fourth-order valence-corrected chi connectivity index (χ4v) is 3.73. The number of carboxylic acids is 1. The Labute approximate surface area is 142 Å². The first kappa shape index (κ1) is 18.5. The van der Waals surface area contributed by atoms with Crippen molar-refractivity contribution >= 4 is 18.0 Å². The summed E-state index contributed by atoms with van der Waals surface area (Å²) >= 11 is 0. The molecule has 2 aliphatic rings. The van der Waals surface area contributed by atoms with Gasteiger partial charge in [-0.3, -0.25) is 4.79 Å². The van der Waals surface area contributed by atoms with Gasteiger partial charge in [0.2, 0.25) is 5.91 Å². The topological polar surface area (TPSA) is 95.9 Å². The van der Waals surface area contributed by atoms with Gasteiger partial charge < -0.3 is 20.1 Å². The molecule has 0 aromatic rings. The highest BCUT2D eigenvalue weighted by Gasteiger charge is 2.49. The molecule has 0 aromatic carbocycles. The molecule has 2 fully saturated rings. The van der Waals surface area contributed by atoms with E-state index in [9.17, 15) is 19.5 Å². The molecule has 0 radical (unpaired) electrons. The van der Waals surface area contributed by atoms with Crippen molar-refractivity contribution in [3.63, 3.8) is 0 Å². The van der Waals surface area contributed by atoms with Gasteiger partial charge in [-0.2, -0.15) is 0 Å². The zero-order chi connectivity index (χ0) is 18.2. The molecule has 0 spiro atoms. The number of carbonyl (C=O) groups is 3. The number of carbonyl (C=O) groups excluding carboxylic acids is 2. The van der Waals surface area contributed by atoms with E-state index in [1.165, 1.54) is 4.90 Å². The summed E-state index contributed by atoms with van der Waals surface area (Å²) in [5.41, 5.74) is -0.656. The highest BCUT2D eigenvalue weighted by molar-refractivity contribution is 5.90. The average Bonchev–Trinajstić information content (AvgIpc) is 2.84. The number of alkyl carbamates (subject to hydrolysis) is 1. The Morgan fingerprint density at radius 1 is 1.25 bits per heavy atom. The Kier molecular flexibility index (Phi) is 5.11. The van der Waals surface area contributed by atoms with Crippen LogP contribution in [-0.4, -0.2) is 51.7 Å². The SMILES string of the molecule is C[C@H]1[C@H]2CC[C@@H](C(=O)O)N2C(=O)[C@@H](NC(=O)OC(C)(C)C)C[C@@H]1C. The number of nitrogens with one attached hydrogen (secondary N) is 1. The maximum Gasteiger partial charge on any atom is 0.408 e. The highest BCUT2D eigenvalue weighted by Crippen LogP contribution is 2.37. The second-order valence-corrected chi connectivity index (χ2v) is 8.02. The molecule has 2 aliphatic heterocycles. The molecule has 24 heavy (non-hydrogen) atoms. The molecule has 2 amide bonds. The highest BCUT2D eigenvalue weighted by atomic mass is 16.6. The van der Waals surface area contributed by atoms with Gasteiger partial charge in [0.25, 0.3) is 0 Å². The van der Waals surface area contributed by atoms with Crippen LogP contribution in [0, 0.1) is 11.8 Å². The summed E-state index contributed by atoms with van der Waals surface area (Å²) < 4.78 is 5.24. The molecule has 0 bridgehead atoms. The van der Waals surface area contributed by atoms with Crippen LogP contribution in [-0.2, 0) is 14.3 Å². The molecule has 0 saturated carbocycles. The third kappa shape index (κ3) is 3.82. The summed E-state index contributed by atoms with van der Waals surface area (Å²) in [6.45, 7) is 9.35. The van der Waals surface area contributed by atoms with Gasteiger partial charge in [0.1, 0.15) is 17.7 Å². The lowest BCUT2D eigenvalue weighted by Crippen LogP contribution is -2.53. The second-order valence-electron chi connectivity index (χ2n) is 8.02. The maximum atomic E-state index is 12.9. The summed E-state index contributed by atoms with van der Waals surface area (Å²) in [6.07, 6.45) is 0.985. The molecule has 2 N–H and O–H groups in total. The summed E-state index contributed by atoms with van der Waals surface area (Å²) in [6, 6.07) is -1.64. The van der Waals surface area contributed by atoms with E-state index < -0.39 is 29.7 Å². The van der Waals surface area contributed by atoms with E-state index in [1.54, 1.807) is 20.8 Å². The fraction of sp³-hybridized carbons (Fsp3) is 0.824. The van der Waals surface area contributed by atoms with Gasteiger partial charge in [-0.05, 0) is 51.9 Å². The van der Waals surface area contributed by atoms with Crippen molar-refractivity contribution < 1.29 is 24.2 Å². The van der Waals surface area contributed by atoms with Crippen LogP contribution in [0.1, 0.15) is 53.9 Å². The Hall–Kier alpha value is -1.79. The van der Waals surface area contributed by atoms with Gasteiger partial charge in [0, 0.05) is 6.04 Å². The van der Waals surface area contributed by atoms with E-state index >= 15 is 0 Å². The van der Waals surface area contributed by atoms with Crippen LogP contribution < -0.4 is 5.32 Å². The standard InChI is InChI=1S/C17H28N2O5/c1-9-8-11(18-16(23)24-17(3,4)5)14(20)19-12(10(9)2)6-7-13(19)15(21)22/h9-13H,6-8H2,1-5H3,(H,18,23)(H,21,22)/t9-,10+,11-,12+,13-/m0/s1. The van der Waals surface area contributed by atoms with Gasteiger partial charge in [-0.1, -0.05) is 13.8 Å². The third-order valence-corrected chi connectivity index (χ3v) is 5.07. The Balaban J connectivity index is 2.21. The van der Waals surface area contributed by atoms with E-state index in [4.69, 9.17) is 4.74 Å². The summed E-state index contributed by atoms with van der Waals surface area (Å²) in [4.78, 5) is 38.0. The lowest BCUT2D eigenvalue weighted by Gasteiger charge is -2.32. The van der Waals surface area contributed by atoms with Crippen LogP contribution in [0.2, 0.25) is 0 Å². The Bertz CT molecular complexity index is 528. The molecule has 136 valence electrons. The first-order valence-corrected chi connectivity index (χ1v) is 8.55.